The highest BCUT2D eigenvalue weighted by Gasteiger charge is 2.36. The van der Waals surface area contributed by atoms with Gasteiger partial charge in [0.25, 0.3) is 5.91 Å². The molecule has 15 heteroatoms. The van der Waals surface area contributed by atoms with E-state index >= 15 is 4.39 Å². The first-order chi connectivity index (χ1) is 23.4. The van der Waals surface area contributed by atoms with E-state index in [4.69, 9.17) is 4.74 Å². The van der Waals surface area contributed by atoms with Crippen LogP contribution in [0.4, 0.5) is 34.9 Å². The highest BCUT2D eigenvalue weighted by Crippen LogP contribution is 2.37. The van der Waals surface area contributed by atoms with Crippen LogP contribution in [0.25, 0.3) is 5.57 Å². The van der Waals surface area contributed by atoms with Crippen LogP contribution in [0.15, 0.2) is 47.7 Å². The van der Waals surface area contributed by atoms with Crippen LogP contribution in [0, 0.1) is 5.82 Å². The number of anilines is 3. The second kappa shape index (κ2) is 14.3. The normalized spacial score (nSPS) is 21.1. The van der Waals surface area contributed by atoms with Crippen molar-refractivity contribution in [2.75, 3.05) is 74.6 Å². The number of pyridine rings is 1. The summed E-state index contributed by atoms with van der Waals surface area (Å²) in [5.74, 6) is -1.11. The zero-order chi connectivity index (χ0) is 34.9. The van der Waals surface area contributed by atoms with Crippen molar-refractivity contribution < 1.29 is 27.1 Å². The summed E-state index contributed by atoms with van der Waals surface area (Å²) in [5.41, 5.74) is -0.768. The molecule has 0 spiro atoms. The number of carbonyl (C=O) groups is 1. The number of hydrogen-bond acceptors (Lipinski definition) is 9. The number of likely N-dealkylation sites (N-methyl/N-ethyl adjacent to an activating group) is 1. The van der Waals surface area contributed by atoms with Crippen LogP contribution in [0.5, 0.6) is 0 Å². The molecule has 0 radical (unpaired) electrons. The van der Waals surface area contributed by atoms with E-state index in [9.17, 15) is 22.8 Å². The summed E-state index contributed by atoms with van der Waals surface area (Å²) in [6, 6.07) is 3.34. The molecule has 3 aliphatic heterocycles. The van der Waals surface area contributed by atoms with Crippen molar-refractivity contribution in [3.63, 3.8) is 0 Å². The average molecular weight is 685 g/mol. The fraction of sp³-hybridized carbons (Fsp3) is 0.471. The summed E-state index contributed by atoms with van der Waals surface area (Å²) in [6.07, 6.45) is 1.89. The smallest absolute Gasteiger partial charge is 0.379 e. The topological polar surface area (TPSA) is 110 Å². The zero-order valence-electron chi connectivity index (χ0n) is 27.7. The van der Waals surface area contributed by atoms with Crippen molar-refractivity contribution in [1.29, 1.82) is 0 Å². The van der Waals surface area contributed by atoms with E-state index in [0.717, 1.165) is 31.4 Å². The molecule has 0 aliphatic carbocycles. The summed E-state index contributed by atoms with van der Waals surface area (Å²) >= 11 is 0. The lowest BCUT2D eigenvalue weighted by molar-refractivity contribution is -0.138. The maximum Gasteiger partial charge on any atom is 0.417 e. The molecule has 1 aromatic carbocycles. The van der Waals surface area contributed by atoms with Crippen molar-refractivity contribution in [1.82, 2.24) is 24.8 Å². The number of benzene rings is 1. The fourth-order valence-electron chi connectivity index (χ4n) is 6.58. The molecule has 1 amide bonds. The quantitative estimate of drug-likeness (QED) is 0.354. The number of halogens is 4. The molecule has 2 saturated heterocycles. The van der Waals surface area contributed by atoms with Crippen LogP contribution < -0.4 is 20.7 Å². The Morgan fingerprint density at radius 2 is 1.73 bits per heavy atom. The summed E-state index contributed by atoms with van der Waals surface area (Å²) < 4.78 is 63.1. The Morgan fingerprint density at radius 3 is 2.41 bits per heavy atom. The monoisotopic (exact) mass is 684 g/mol. The molecule has 262 valence electrons. The summed E-state index contributed by atoms with van der Waals surface area (Å²) in [7, 11) is 2.00. The number of aromatic amines is 1. The van der Waals surface area contributed by atoms with Gasteiger partial charge in [-0.2, -0.15) is 13.2 Å². The Hall–Kier alpha value is -4.34. The Kier molecular flexibility index (Phi) is 10.0. The van der Waals surface area contributed by atoms with Crippen molar-refractivity contribution in [3.8, 4) is 0 Å². The second-order valence-electron chi connectivity index (χ2n) is 12.9. The van der Waals surface area contributed by atoms with Gasteiger partial charge in [0.2, 0.25) is 11.5 Å². The SMILES string of the molecule is C[C@@H]1CN(c2cc(F)c(C3=CCCN(c4ncc(CN5CCOCC5)cn4)C3)cc2NC(=O)c2c[nH]c(=O)cc2C(F)(F)F)C[C@H](C)N1C. The number of nitrogens with zero attached hydrogens (tertiary/aromatic N) is 6. The number of carbonyl (C=O) groups excluding carboxylic acids is 1. The van der Waals surface area contributed by atoms with E-state index in [1.165, 1.54) is 12.1 Å². The maximum atomic E-state index is 16.1. The molecule has 3 aliphatic rings. The first kappa shape index (κ1) is 34.5. The van der Waals surface area contributed by atoms with Gasteiger partial charge in [0.1, 0.15) is 5.82 Å². The van der Waals surface area contributed by atoms with Gasteiger partial charge in [0, 0.05) is 93.7 Å². The number of aromatic nitrogens is 3. The molecule has 2 atom stereocenters. The molecule has 2 fully saturated rings. The number of rotatable bonds is 7. The predicted octanol–water partition coefficient (Wildman–Crippen LogP) is 4.23. The average Bonchev–Trinajstić information content (AvgIpc) is 3.08. The number of amides is 1. The van der Waals surface area contributed by atoms with Crippen LogP contribution in [0.2, 0.25) is 0 Å². The van der Waals surface area contributed by atoms with Gasteiger partial charge in [-0.1, -0.05) is 6.08 Å². The third-order valence-corrected chi connectivity index (χ3v) is 9.49. The number of morpholine rings is 1. The number of ether oxygens (including phenoxy) is 1. The molecule has 2 aromatic heterocycles. The molecule has 0 bridgehead atoms. The number of piperazine rings is 1. The molecule has 5 heterocycles. The highest BCUT2D eigenvalue weighted by atomic mass is 19.4. The molecule has 6 rings (SSSR count). The van der Waals surface area contributed by atoms with E-state index in [1.54, 1.807) is 12.4 Å². The summed E-state index contributed by atoms with van der Waals surface area (Å²) in [5, 5.41) is 2.63. The van der Waals surface area contributed by atoms with Crippen LogP contribution in [-0.4, -0.2) is 102 Å². The largest absolute Gasteiger partial charge is 0.417 e. The van der Waals surface area contributed by atoms with Crippen LogP contribution in [0.1, 0.15) is 47.3 Å². The lowest BCUT2D eigenvalue weighted by Crippen LogP contribution is -2.55. The van der Waals surface area contributed by atoms with Crippen LogP contribution in [0.3, 0.4) is 0 Å². The molecule has 2 N–H and O–H groups in total. The van der Waals surface area contributed by atoms with E-state index < -0.39 is 34.6 Å². The fourth-order valence-corrected chi connectivity index (χ4v) is 6.58. The minimum Gasteiger partial charge on any atom is -0.379 e. The molecule has 0 unspecified atom stereocenters. The standard InChI is InChI=1S/C34H40F4N8O3/c1-21-17-46(18-22(2)43(21)3)30-13-28(35)25(11-29(30)42-32(48)26-16-39-31(47)12-27(26)34(36,37)38)24-5-4-6-45(20-24)33-40-14-23(15-41-33)19-44-7-9-49-10-8-44/h5,11-16,21-22H,4,6-10,17-20H2,1-3H3,(H,39,47)(H,42,48)/t21-,22+. The van der Waals surface area contributed by atoms with Crippen LogP contribution >= 0.6 is 0 Å². The van der Waals surface area contributed by atoms with Crippen LogP contribution in [-0.2, 0) is 17.5 Å². The van der Waals surface area contributed by atoms with Crippen molar-refractivity contribution in [3.05, 3.63) is 81.3 Å². The molecule has 49 heavy (non-hydrogen) atoms. The van der Waals surface area contributed by atoms with Gasteiger partial charge >= 0.3 is 6.18 Å². The first-order valence-corrected chi connectivity index (χ1v) is 16.3. The number of alkyl halides is 3. The Balaban J connectivity index is 1.30. The lowest BCUT2D eigenvalue weighted by atomic mass is 9.98. The molecule has 0 saturated carbocycles. The minimum atomic E-state index is -4.95. The van der Waals surface area contributed by atoms with E-state index in [0.29, 0.717) is 62.5 Å². The predicted molar refractivity (Wildman–Crippen MR) is 178 cm³/mol. The van der Waals surface area contributed by atoms with Crippen molar-refractivity contribution in [2.45, 2.75) is 45.1 Å². The Bertz CT molecular complexity index is 1750. The van der Waals surface area contributed by atoms with E-state index in [-0.39, 0.29) is 29.9 Å². The van der Waals surface area contributed by atoms with Gasteiger partial charge < -0.3 is 24.8 Å². The van der Waals surface area contributed by atoms with Crippen molar-refractivity contribution >= 4 is 28.8 Å². The van der Waals surface area contributed by atoms with Gasteiger partial charge in [0.05, 0.1) is 35.7 Å². The number of nitrogens with one attached hydrogen (secondary N) is 2. The molecule has 11 nitrogen and oxygen atoms in total. The lowest BCUT2D eigenvalue weighted by Gasteiger charge is -2.44. The van der Waals surface area contributed by atoms with Gasteiger partial charge in [-0.25, -0.2) is 14.4 Å². The highest BCUT2D eigenvalue weighted by molar-refractivity contribution is 6.07. The molecular weight excluding hydrogens is 644 g/mol. The van der Waals surface area contributed by atoms with E-state index in [2.05, 4.69) is 30.1 Å². The number of hydrogen-bond donors (Lipinski definition) is 2. The third kappa shape index (κ3) is 7.78. The minimum absolute atomic E-state index is 0.0842. The van der Waals surface area contributed by atoms with Gasteiger partial charge in [-0.15, -0.1) is 0 Å². The Morgan fingerprint density at radius 1 is 1.04 bits per heavy atom. The molecular formula is C34H40F4N8O3. The van der Waals surface area contributed by atoms with Gasteiger partial charge in [0.15, 0.2) is 0 Å². The zero-order valence-corrected chi connectivity index (χ0v) is 27.7. The number of H-pyrrole nitrogens is 1. The second-order valence-corrected chi connectivity index (χ2v) is 12.9. The Labute approximate surface area is 281 Å². The van der Waals surface area contributed by atoms with Gasteiger partial charge in [-0.3, -0.25) is 19.4 Å². The van der Waals surface area contributed by atoms with Crippen molar-refractivity contribution in [2.24, 2.45) is 0 Å². The maximum absolute atomic E-state index is 16.1. The molecule has 3 aromatic rings. The van der Waals surface area contributed by atoms with E-state index in [1.807, 2.05) is 36.8 Å². The van der Waals surface area contributed by atoms with Gasteiger partial charge in [-0.05, 0) is 45.0 Å². The summed E-state index contributed by atoms with van der Waals surface area (Å²) in [4.78, 5) is 44.9. The third-order valence-electron chi connectivity index (χ3n) is 9.49. The first-order valence-electron chi connectivity index (χ1n) is 16.3. The summed E-state index contributed by atoms with van der Waals surface area (Å²) in [6.45, 7) is 9.75.